The van der Waals surface area contributed by atoms with Crippen LogP contribution in [0, 0.1) is 17.8 Å². The predicted molar refractivity (Wildman–Crippen MR) is 138 cm³/mol. The zero-order valence-corrected chi connectivity index (χ0v) is 21.1. The van der Waals surface area contributed by atoms with E-state index in [-0.39, 0.29) is 18.0 Å². The molecule has 0 bridgehead atoms. The average molecular weight is 493 g/mol. The number of ether oxygens (including phenoxy) is 1. The Labute approximate surface area is 212 Å². The van der Waals surface area contributed by atoms with E-state index in [1.807, 2.05) is 4.90 Å². The maximum atomic E-state index is 15.7. The lowest BCUT2D eigenvalue weighted by Crippen LogP contribution is -2.46. The molecule has 5 aliphatic rings. The number of amides is 1. The molecular formula is C29H37FN4O2. The molecule has 0 aromatic heterocycles. The Morgan fingerprint density at radius 3 is 2.58 bits per heavy atom. The molecule has 6 nitrogen and oxygen atoms in total. The van der Waals surface area contributed by atoms with Crippen molar-refractivity contribution in [3.8, 4) is 0 Å². The summed E-state index contributed by atoms with van der Waals surface area (Å²) >= 11 is 0. The van der Waals surface area contributed by atoms with Gasteiger partial charge in [0.05, 0.1) is 24.8 Å². The van der Waals surface area contributed by atoms with Gasteiger partial charge in [-0.25, -0.2) is 4.39 Å². The van der Waals surface area contributed by atoms with Gasteiger partial charge in [-0.2, -0.15) is 0 Å². The minimum Gasteiger partial charge on any atom is -0.399 e. The molecular weight excluding hydrogens is 455 g/mol. The van der Waals surface area contributed by atoms with Crippen molar-refractivity contribution in [2.45, 2.75) is 57.3 Å². The number of hydrogen-bond donors (Lipinski definition) is 3. The molecule has 2 fully saturated rings. The quantitative estimate of drug-likeness (QED) is 0.551. The van der Waals surface area contributed by atoms with Gasteiger partial charge in [0, 0.05) is 43.2 Å². The molecule has 3 atom stereocenters. The van der Waals surface area contributed by atoms with E-state index in [2.05, 4.69) is 29.7 Å². The smallest absolute Gasteiger partial charge is 0.229 e. The Kier molecular flexibility index (Phi) is 6.06. The molecule has 192 valence electrons. The molecule has 1 saturated heterocycles. The fourth-order valence-corrected chi connectivity index (χ4v) is 6.39. The van der Waals surface area contributed by atoms with Crippen LogP contribution in [0.15, 0.2) is 59.0 Å². The Bertz CT molecular complexity index is 1110. The van der Waals surface area contributed by atoms with Gasteiger partial charge in [-0.05, 0) is 54.0 Å². The van der Waals surface area contributed by atoms with Gasteiger partial charge in [-0.3, -0.25) is 4.79 Å². The van der Waals surface area contributed by atoms with Crippen LogP contribution in [0.5, 0.6) is 0 Å². The summed E-state index contributed by atoms with van der Waals surface area (Å²) in [7, 11) is 0. The molecule has 6 rings (SSSR count). The SMILES string of the molecule is CC1COCC2=C1NC(C1=C(C3CCC3)C=CC(C(=O)N3CCC(F)(c4ccc(N)cc4)CC3)C1)N2. The van der Waals surface area contributed by atoms with Crippen LogP contribution in [0.25, 0.3) is 0 Å². The normalized spacial score (nSPS) is 29.9. The average Bonchev–Trinajstić information content (AvgIpc) is 3.29. The summed E-state index contributed by atoms with van der Waals surface area (Å²) in [6.45, 7) is 4.40. The largest absolute Gasteiger partial charge is 0.399 e. The molecule has 3 aliphatic heterocycles. The first kappa shape index (κ1) is 23.6. The Hall–Kier alpha value is -2.80. The number of nitrogens with zero attached hydrogens (tertiary/aromatic N) is 1. The second-order valence-corrected chi connectivity index (χ2v) is 11.2. The molecule has 0 radical (unpaired) electrons. The lowest BCUT2D eigenvalue weighted by molar-refractivity contribution is -0.136. The first-order valence-corrected chi connectivity index (χ1v) is 13.5. The van der Waals surface area contributed by atoms with Crippen LogP contribution in [-0.4, -0.2) is 43.3 Å². The van der Waals surface area contributed by atoms with Crippen LogP contribution in [0.3, 0.4) is 0 Å². The van der Waals surface area contributed by atoms with Gasteiger partial charge >= 0.3 is 0 Å². The van der Waals surface area contributed by atoms with E-state index in [1.54, 1.807) is 24.3 Å². The van der Waals surface area contributed by atoms with Gasteiger partial charge in [-0.15, -0.1) is 0 Å². The number of halogens is 1. The van der Waals surface area contributed by atoms with Gasteiger partial charge < -0.3 is 26.0 Å². The molecule has 1 aromatic rings. The van der Waals surface area contributed by atoms with Crippen molar-refractivity contribution >= 4 is 11.6 Å². The highest BCUT2D eigenvalue weighted by atomic mass is 19.1. The van der Waals surface area contributed by atoms with E-state index in [0.717, 1.165) is 12.3 Å². The van der Waals surface area contributed by atoms with E-state index in [1.165, 1.54) is 36.1 Å². The number of nitrogen functional groups attached to an aromatic ring is 1. The fraction of sp³-hybridized carbons (Fsp3) is 0.552. The highest BCUT2D eigenvalue weighted by molar-refractivity contribution is 5.81. The summed E-state index contributed by atoms with van der Waals surface area (Å²) in [5.74, 6) is 0.834. The summed E-state index contributed by atoms with van der Waals surface area (Å²) in [4.78, 5) is 15.5. The minimum absolute atomic E-state index is 0.0142. The van der Waals surface area contributed by atoms with Crippen LogP contribution in [-0.2, 0) is 15.2 Å². The first-order chi connectivity index (χ1) is 17.4. The maximum absolute atomic E-state index is 15.7. The van der Waals surface area contributed by atoms with E-state index in [4.69, 9.17) is 10.5 Å². The molecule has 0 spiro atoms. The van der Waals surface area contributed by atoms with Gasteiger partial charge in [0.15, 0.2) is 0 Å². The standard InChI is InChI=1S/C29H37FN4O2/c1-18-16-36-17-25-26(18)33-27(32-25)24-15-20(5-10-23(24)19-3-2-4-19)28(35)34-13-11-29(30,12-14-34)21-6-8-22(31)9-7-21/h5-10,18-20,27,32-33H,2-4,11-17,31H2,1H3. The topological polar surface area (TPSA) is 79.6 Å². The minimum atomic E-state index is -1.41. The number of likely N-dealkylation sites (tertiary alicyclic amines) is 1. The number of carbonyl (C=O) groups excluding carboxylic acids is 1. The summed E-state index contributed by atoms with van der Waals surface area (Å²) < 4.78 is 21.5. The number of allylic oxidation sites excluding steroid dienone is 2. The molecule has 1 amide bonds. The van der Waals surface area contributed by atoms with Crippen LogP contribution in [0.1, 0.15) is 51.0 Å². The molecule has 3 heterocycles. The molecule has 1 saturated carbocycles. The van der Waals surface area contributed by atoms with Crippen molar-refractivity contribution in [1.82, 2.24) is 15.5 Å². The third-order valence-electron chi connectivity index (χ3n) is 8.88. The summed E-state index contributed by atoms with van der Waals surface area (Å²) in [6.07, 6.45) is 9.37. The van der Waals surface area contributed by atoms with Gasteiger partial charge in [-0.1, -0.05) is 37.6 Å². The molecule has 7 heteroatoms. The number of alkyl halides is 1. The van der Waals surface area contributed by atoms with E-state index in [9.17, 15) is 4.79 Å². The summed E-state index contributed by atoms with van der Waals surface area (Å²) in [5.41, 5.74) is 10.8. The van der Waals surface area contributed by atoms with Crippen LogP contribution < -0.4 is 16.4 Å². The number of benzene rings is 1. The van der Waals surface area contributed by atoms with Crippen LogP contribution in [0.2, 0.25) is 0 Å². The fourth-order valence-electron chi connectivity index (χ4n) is 6.39. The summed E-state index contributed by atoms with van der Waals surface area (Å²) in [5, 5.41) is 7.40. The van der Waals surface area contributed by atoms with Crippen molar-refractivity contribution in [3.05, 3.63) is 64.5 Å². The van der Waals surface area contributed by atoms with Crippen molar-refractivity contribution in [1.29, 1.82) is 0 Å². The van der Waals surface area contributed by atoms with Crippen molar-refractivity contribution < 1.29 is 13.9 Å². The Morgan fingerprint density at radius 1 is 1.17 bits per heavy atom. The lowest BCUT2D eigenvalue weighted by Gasteiger charge is -2.39. The van der Waals surface area contributed by atoms with Crippen LogP contribution in [0.4, 0.5) is 10.1 Å². The zero-order valence-electron chi connectivity index (χ0n) is 21.1. The van der Waals surface area contributed by atoms with Gasteiger partial charge in [0.2, 0.25) is 5.91 Å². The predicted octanol–water partition coefficient (Wildman–Crippen LogP) is 4.13. The zero-order chi connectivity index (χ0) is 24.9. The van der Waals surface area contributed by atoms with E-state index < -0.39 is 5.67 Å². The second kappa shape index (κ2) is 9.25. The van der Waals surface area contributed by atoms with Crippen molar-refractivity contribution in [3.63, 3.8) is 0 Å². The summed E-state index contributed by atoms with van der Waals surface area (Å²) in [6, 6.07) is 7.05. The monoisotopic (exact) mass is 492 g/mol. The van der Waals surface area contributed by atoms with Gasteiger partial charge in [0.1, 0.15) is 11.8 Å². The third kappa shape index (κ3) is 4.21. The van der Waals surface area contributed by atoms with Crippen LogP contribution >= 0.6 is 0 Å². The van der Waals surface area contributed by atoms with E-state index >= 15 is 4.39 Å². The van der Waals surface area contributed by atoms with Crippen molar-refractivity contribution in [2.75, 3.05) is 32.0 Å². The third-order valence-corrected chi connectivity index (χ3v) is 8.88. The molecule has 2 aliphatic carbocycles. The highest BCUT2D eigenvalue weighted by Gasteiger charge is 2.41. The number of nitrogens with two attached hydrogens (primary N) is 1. The number of carbonyl (C=O) groups is 1. The molecule has 3 unspecified atom stereocenters. The Balaban J connectivity index is 1.15. The van der Waals surface area contributed by atoms with Gasteiger partial charge in [0.25, 0.3) is 0 Å². The second-order valence-electron chi connectivity index (χ2n) is 11.2. The number of piperidine rings is 1. The van der Waals surface area contributed by atoms with E-state index in [0.29, 0.717) is 62.0 Å². The Morgan fingerprint density at radius 2 is 1.92 bits per heavy atom. The van der Waals surface area contributed by atoms with Crippen molar-refractivity contribution in [2.24, 2.45) is 17.8 Å². The maximum Gasteiger partial charge on any atom is 0.229 e. The molecule has 36 heavy (non-hydrogen) atoms. The number of hydrogen-bond acceptors (Lipinski definition) is 5. The number of rotatable bonds is 4. The highest BCUT2D eigenvalue weighted by Crippen LogP contribution is 2.42. The molecule has 1 aromatic carbocycles. The number of nitrogens with one attached hydrogen (secondary N) is 2. The first-order valence-electron chi connectivity index (χ1n) is 13.5. The lowest BCUT2D eigenvalue weighted by atomic mass is 9.73. The molecule has 4 N–H and O–H groups in total. The number of anilines is 1.